The van der Waals surface area contributed by atoms with Crippen molar-refractivity contribution in [2.24, 2.45) is 11.8 Å². The van der Waals surface area contributed by atoms with Gasteiger partial charge in [-0.3, -0.25) is 9.10 Å². The van der Waals surface area contributed by atoms with Gasteiger partial charge in [0.2, 0.25) is 10.0 Å². The van der Waals surface area contributed by atoms with Crippen molar-refractivity contribution in [2.75, 3.05) is 10.6 Å². The van der Waals surface area contributed by atoms with Gasteiger partial charge in [0.1, 0.15) is 0 Å². The Labute approximate surface area is 181 Å². The van der Waals surface area contributed by atoms with E-state index in [1.165, 1.54) is 10.6 Å². The Balaban J connectivity index is 2.25. The Kier molecular flexibility index (Phi) is 7.70. The SMILES string of the molecule is Cc1cccc(C)c1N(Cc1ccc(C(=O)NC(C(C)C)C(C)C)cc1)S(C)(=O)=O. The third-order valence-corrected chi connectivity index (χ3v) is 6.48. The molecule has 0 heterocycles. The van der Waals surface area contributed by atoms with Crippen molar-refractivity contribution in [1.29, 1.82) is 0 Å². The highest BCUT2D eigenvalue weighted by molar-refractivity contribution is 7.92. The van der Waals surface area contributed by atoms with E-state index in [4.69, 9.17) is 0 Å². The molecule has 0 atom stereocenters. The smallest absolute Gasteiger partial charge is 0.251 e. The lowest BCUT2D eigenvalue weighted by atomic mass is 9.93. The first-order chi connectivity index (χ1) is 13.9. The van der Waals surface area contributed by atoms with E-state index < -0.39 is 10.0 Å². The molecule has 6 heteroatoms. The topological polar surface area (TPSA) is 66.5 Å². The van der Waals surface area contributed by atoms with Crippen molar-refractivity contribution in [1.82, 2.24) is 5.32 Å². The number of nitrogens with zero attached hydrogens (tertiary/aromatic N) is 1. The molecule has 5 nitrogen and oxygen atoms in total. The number of nitrogens with one attached hydrogen (secondary N) is 1. The molecule has 0 unspecified atom stereocenters. The van der Waals surface area contributed by atoms with Gasteiger partial charge in [-0.05, 0) is 54.5 Å². The molecule has 0 fully saturated rings. The van der Waals surface area contributed by atoms with Gasteiger partial charge in [-0.1, -0.05) is 58.0 Å². The van der Waals surface area contributed by atoms with Gasteiger partial charge in [-0.2, -0.15) is 0 Å². The molecule has 0 aliphatic heterocycles. The van der Waals surface area contributed by atoms with Gasteiger partial charge >= 0.3 is 0 Å². The van der Waals surface area contributed by atoms with Crippen LogP contribution in [0.4, 0.5) is 5.69 Å². The lowest BCUT2D eigenvalue weighted by Crippen LogP contribution is -2.42. The second-order valence-electron chi connectivity index (χ2n) is 8.69. The normalized spacial score (nSPS) is 11.9. The lowest BCUT2D eigenvalue weighted by Gasteiger charge is -2.27. The number of carbonyl (C=O) groups excluding carboxylic acids is 1. The van der Waals surface area contributed by atoms with E-state index in [9.17, 15) is 13.2 Å². The van der Waals surface area contributed by atoms with Crippen LogP contribution in [0.1, 0.15) is 54.7 Å². The summed E-state index contributed by atoms with van der Waals surface area (Å²) in [7, 11) is -3.47. The molecule has 0 saturated carbocycles. The van der Waals surface area contributed by atoms with E-state index in [1.807, 2.05) is 44.2 Å². The third-order valence-electron chi connectivity index (χ3n) is 5.37. The zero-order chi connectivity index (χ0) is 22.6. The Morgan fingerprint density at radius 1 is 0.933 bits per heavy atom. The lowest BCUT2D eigenvalue weighted by molar-refractivity contribution is 0.0910. The Hall–Kier alpha value is -2.34. The summed E-state index contributed by atoms with van der Waals surface area (Å²) in [6.45, 7) is 12.4. The second-order valence-corrected chi connectivity index (χ2v) is 10.6. The first-order valence-corrected chi connectivity index (χ1v) is 12.2. The minimum Gasteiger partial charge on any atom is -0.349 e. The highest BCUT2D eigenvalue weighted by Gasteiger charge is 2.22. The molecule has 0 aliphatic rings. The quantitative estimate of drug-likeness (QED) is 0.661. The molecule has 0 saturated heterocycles. The van der Waals surface area contributed by atoms with Crippen molar-refractivity contribution in [3.8, 4) is 0 Å². The van der Waals surface area contributed by atoms with Gasteiger partial charge in [-0.25, -0.2) is 8.42 Å². The van der Waals surface area contributed by atoms with Crippen LogP contribution in [0.2, 0.25) is 0 Å². The van der Waals surface area contributed by atoms with Gasteiger partial charge in [0.15, 0.2) is 0 Å². The minimum atomic E-state index is -3.47. The first kappa shape index (κ1) is 23.9. The highest BCUT2D eigenvalue weighted by atomic mass is 32.2. The van der Waals surface area contributed by atoms with E-state index in [1.54, 1.807) is 12.1 Å². The largest absolute Gasteiger partial charge is 0.349 e. The zero-order valence-electron chi connectivity index (χ0n) is 19.1. The summed E-state index contributed by atoms with van der Waals surface area (Å²) in [5.74, 6) is 0.575. The van der Waals surface area contributed by atoms with Crippen molar-refractivity contribution in [3.05, 3.63) is 64.7 Å². The number of hydrogen-bond acceptors (Lipinski definition) is 3. The van der Waals surface area contributed by atoms with Crippen LogP contribution in [0.3, 0.4) is 0 Å². The molecule has 0 spiro atoms. The number of benzene rings is 2. The average Bonchev–Trinajstić information content (AvgIpc) is 2.64. The summed E-state index contributed by atoms with van der Waals surface area (Å²) in [6, 6.07) is 13.0. The van der Waals surface area contributed by atoms with Crippen LogP contribution >= 0.6 is 0 Å². The fourth-order valence-electron chi connectivity index (χ4n) is 3.83. The van der Waals surface area contributed by atoms with Crippen LogP contribution in [-0.2, 0) is 16.6 Å². The molecule has 1 amide bonds. The minimum absolute atomic E-state index is 0.0990. The maximum absolute atomic E-state index is 12.7. The summed E-state index contributed by atoms with van der Waals surface area (Å²) in [6.07, 6.45) is 1.22. The fourth-order valence-corrected chi connectivity index (χ4v) is 4.83. The molecule has 1 N–H and O–H groups in total. The molecule has 30 heavy (non-hydrogen) atoms. The summed E-state index contributed by atoms with van der Waals surface area (Å²) in [5.41, 5.74) is 3.92. The van der Waals surface area contributed by atoms with Crippen LogP contribution < -0.4 is 9.62 Å². The van der Waals surface area contributed by atoms with E-state index in [2.05, 4.69) is 33.0 Å². The number of carbonyl (C=O) groups is 1. The molecule has 2 rings (SSSR count). The van der Waals surface area contributed by atoms with E-state index >= 15 is 0 Å². The van der Waals surface area contributed by atoms with E-state index in [0.717, 1.165) is 16.7 Å². The fraction of sp³-hybridized carbons (Fsp3) is 0.458. The average molecular weight is 431 g/mol. The van der Waals surface area contributed by atoms with Gasteiger partial charge in [0.25, 0.3) is 5.91 Å². The maximum atomic E-state index is 12.7. The Morgan fingerprint density at radius 3 is 1.87 bits per heavy atom. The van der Waals surface area contributed by atoms with Crippen LogP contribution in [0, 0.1) is 25.7 Å². The number of amides is 1. The second kappa shape index (κ2) is 9.65. The van der Waals surface area contributed by atoms with Crippen molar-refractivity contribution >= 4 is 21.6 Å². The monoisotopic (exact) mass is 430 g/mol. The third kappa shape index (κ3) is 5.85. The van der Waals surface area contributed by atoms with Gasteiger partial charge in [-0.15, -0.1) is 0 Å². The highest BCUT2D eigenvalue weighted by Crippen LogP contribution is 2.28. The van der Waals surface area contributed by atoms with Crippen LogP contribution in [-0.4, -0.2) is 26.6 Å². The summed E-state index contributed by atoms with van der Waals surface area (Å²) < 4.78 is 26.5. The van der Waals surface area contributed by atoms with Gasteiger partial charge < -0.3 is 5.32 Å². The first-order valence-electron chi connectivity index (χ1n) is 10.4. The molecule has 0 aromatic heterocycles. The predicted octanol–water partition coefficient (Wildman–Crippen LogP) is 4.68. The van der Waals surface area contributed by atoms with Crippen molar-refractivity contribution in [3.63, 3.8) is 0 Å². The molecule has 2 aromatic carbocycles. The molecule has 2 aromatic rings. The summed E-state index contributed by atoms with van der Waals surface area (Å²) in [4.78, 5) is 12.7. The number of hydrogen-bond donors (Lipinski definition) is 1. The van der Waals surface area contributed by atoms with E-state index in [-0.39, 0.29) is 18.5 Å². The number of sulfonamides is 1. The van der Waals surface area contributed by atoms with Crippen molar-refractivity contribution < 1.29 is 13.2 Å². The number of anilines is 1. The zero-order valence-corrected chi connectivity index (χ0v) is 19.9. The molecular weight excluding hydrogens is 396 g/mol. The maximum Gasteiger partial charge on any atom is 0.251 e. The Bertz CT molecular complexity index is 952. The van der Waals surface area contributed by atoms with Crippen LogP contribution in [0.25, 0.3) is 0 Å². The molecule has 0 radical (unpaired) electrons. The predicted molar refractivity (Wildman–Crippen MR) is 124 cm³/mol. The number of aryl methyl sites for hydroxylation is 2. The van der Waals surface area contributed by atoms with Gasteiger partial charge in [0, 0.05) is 11.6 Å². The molecule has 164 valence electrons. The van der Waals surface area contributed by atoms with Crippen LogP contribution in [0.5, 0.6) is 0 Å². The van der Waals surface area contributed by atoms with E-state index in [0.29, 0.717) is 23.1 Å². The number of para-hydroxylation sites is 1. The van der Waals surface area contributed by atoms with Crippen molar-refractivity contribution in [2.45, 2.75) is 54.1 Å². The molecular formula is C24H34N2O3S. The van der Waals surface area contributed by atoms with Crippen LogP contribution in [0.15, 0.2) is 42.5 Å². The van der Waals surface area contributed by atoms with Gasteiger partial charge in [0.05, 0.1) is 18.5 Å². The molecule has 0 aliphatic carbocycles. The molecule has 0 bridgehead atoms. The Morgan fingerprint density at radius 2 is 1.43 bits per heavy atom. The standard InChI is InChI=1S/C24H34N2O3S/c1-16(2)22(17(3)4)25-24(27)21-13-11-20(12-14-21)15-26(30(7,28)29)23-18(5)9-8-10-19(23)6/h8-14,16-17,22H,15H2,1-7H3,(H,25,27). The summed E-state index contributed by atoms with van der Waals surface area (Å²) >= 11 is 0. The summed E-state index contributed by atoms with van der Waals surface area (Å²) in [5, 5.41) is 3.11. The number of rotatable bonds is 8.